The van der Waals surface area contributed by atoms with Crippen molar-refractivity contribution in [3.8, 4) is 0 Å². The van der Waals surface area contributed by atoms with E-state index in [0.29, 0.717) is 13.0 Å². The van der Waals surface area contributed by atoms with E-state index in [4.69, 9.17) is 14.7 Å². The highest BCUT2D eigenvalue weighted by Crippen LogP contribution is 2.06. The van der Waals surface area contributed by atoms with Gasteiger partial charge in [-0.1, -0.05) is 44.2 Å². The van der Waals surface area contributed by atoms with Crippen LogP contribution >= 0.6 is 0 Å². The maximum Gasteiger partial charge on any atom is 0.635 e. The zero-order valence-electron chi connectivity index (χ0n) is 13.8. The molecule has 0 unspecified atom stereocenters. The molecule has 1 atom stereocenters. The predicted octanol–water partition coefficient (Wildman–Crippen LogP) is 0.333. The summed E-state index contributed by atoms with van der Waals surface area (Å²) in [6.45, 7) is 4.17. The van der Waals surface area contributed by atoms with Crippen molar-refractivity contribution in [3.05, 3.63) is 48.0 Å². The molecule has 1 rings (SSSR count). The first-order valence-electron chi connectivity index (χ1n) is 7.68. The molecule has 0 aliphatic carbocycles. The van der Waals surface area contributed by atoms with Crippen LogP contribution in [0.4, 0.5) is 0 Å². The lowest BCUT2D eigenvalue weighted by Gasteiger charge is -2.20. The standard InChI is InChI=1S/C16H23BN2O5/c1-12(2)10-16(24-17(22)23)19-15(21)9-8-14(20)18-11-13-6-4-3-5-7-13/h3-9,12,16,22-23H,10-11H2,1-2H3,(H,18,20)(H,19,21)/b9-8+/t16-/m1/s1. The molecule has 7 nitrogen and oxygen atoms in total. The molecular formula is C16H23BN2O5. The third kappa shape index (κ3) is 9.09. The van der Waals surface area contributed by atoms with Crippen LogP contribution < -0.4 is 10.6 Å². The maximum absolute atomic E-state index is 11.8. The summed E-state index contributed by atoms with van der Waals surface area (Å²) in [5.74, 6) is -0.791. The molecule has 0 fully saturated rings. The zero-order valence-corrected chi connectivity index (χ0v) is 13.8. The highest BCUT2D eigenvalue weighted by molar-refractivity contribution is 6.32. The van der Waals surface area contributed by atoms with Gasteiger partial charge in [-0.15, -0.1) is 0 Å². The van der Waals surface area contributed by atoms with Crippen molar-refractivity contribution < 1.29 is 24.3 Å². The number of hydrogen-bond acceptors (Lipinski definition) is 5. The second kappa shape index (κ2) is 10.6. The molecule has 24 heavy (non-hydrogen) atoms. The fourth-order valence-corrected chi connectivity index (χ4v) is 1.93. The van der Waals surface area contributed by atoms with Crippen LogP contribution in [0, 0.1) is 5.92 Å². The van der Waals surface area contributed by atoms with E-state index < -0.39 is 25.4 Å². The van der Waals surface area contributed by atoms with E-state index >= 15 is 0 Å². The number of amides is 2. The lowest BCUT2D eigenvalue weighted by molar-refractivity contribution is -0.120. The average molecular weight is 334 g/mol. The first-order valence-corrected chi connectivity index (χ1v) is 7.68. The minimum Gasteiger partial charge on any atom is -0.402 e. The van der Waals surface area contributed by atoms with Crippen molar-refractivity contribution in [1.82, 2.24) is 10.6 Å². The molecule has 1 aromatic carbocycles. The van der Waals surface area contributed by atoms with Crippen LogP contribution in [0.2, 0.25) is 0 Å². The van der Waals surface area contributed by atoms with Gasteiger partial charge in [0.25, 0.3) is 0 Å². The molecule has 0 aromatic heterocycles. The first kappa shape index (κ1) is 19.9. The summed E-state index contributed by atoms with van der Waals surface area (Å²) in [7, 11) is -1.98. The topological polar surface area (TPSA) is 108 Å². The van der Waals surface area contributed by atoms with Gasteiger partial charge < -0.3 is 25.3 Å². The Morgan fingerprint density at radius 1 is 1.17 bits per heavy atom. The van der Waals surface area contributed by atoms with Gasteiger partial charge in [0.05, 0.1) is 0 Å². The minimum absolute atomic E-state index is 0.173. The van der Waals surface area contributed by atoms with E-state index in [1.807, 2.05) is 44.2 Å². The summed E-state index contributed by atoms with van der Waals surface area (Å²) in [4.78, 5) is 23.4. The van der Waals surface area contributed by atoms with Crippen molar-refractivity contribution in [2.45, 2.75) is 33.0 Å². The summed E-state index contributed by atoms with van der Waals surface area (Å²) in [5.41, 5.74) is 0.950. The highest BCUT2D eigenvalue weighted by atomic mass is 16.6. The van der Waals surface area contributed by atoms with Crippen LogP contribution in [-0.4, -0.2) is 35.4 Å². The molecule has 0 radical (unpaired) electrons. The lowest BCUT2D eigenvalue weighted by Crippen LogP contribution is -2.41. The quantitative estimate of drug-likeness (QED) is 0.296. The summed E-state index contributed by atoms with van der Waals surface area (Å²) in [6.07, 6.45) is 1.73. The van der Waals surface area contributed by atoms with E-state index in [9.17, 15) is 9.59 Å². The Morgan fingerprint density at radius 2 is 1.79 bits per heavy atom. The van der Waals surface area contributed by atoms with Gasteiger partial charge in [-0.05, 0) is 17.9 Å². The largest absolute Gasteiger partial charge is 0.635 e. The van der Waals surface area contributed by atoms with Gasteiger partial charge in [0.2, 0.25) is 11.8 Å². The molecule has 0 heterocycles. The second-order valence-electron chi connectivity index (χ2n) is 5.63. The minimum atomic E-state index is -1.98. The van der Waals surface area contributed by atoms with Crippen LogP contribution in [0.5, 0.6) is 0 Å². The van der Waals surface area contributed by atoms with Gasteiger partial charge in [-0.2, -0.15) is 0 Å². The third-order valence-electron chi connectivity index (χ3n) is 2.97. The summed E-state index contributed by atoms with van der Waals surface area (Å²) >= 11 is 0. The molecule has 0 saturated carbocycles. The lowest BCUT2D eigenvalue weighted by atomic mass is 10.1. The molecule has 1 aromatic rings. The Balaban J connectivity index is 2.43. The van der Waals surface area contributed by atoms with Crippen molar-refractivity contribution in [1.29, 1.82) is 0 Å². The van der Waals surface area contributed by atoms with E-state index in [1.54, 1.807) is 0 Å². The molecule has 0 aliphatic heterocycles. The van der Waals surface area contributed by atoms with Crippen LogP contribution in [0.15, 0.2) is 42.5 Å². The van der Waals surface area contributed by atoms with Crippen molar-refractivity contribution in [3.63, 3.8) is 0 Å². The summed E-state index contributed by atoms with van der Waals surface area (Å²) in [5, 5.41) is 22.8. The third-order valence-corrected chi connectivity index (χ3v) is 2.97. The van der Waals surface area contributed by atoms with Crippen molar-refractivity contribution in [2.24, 2.45) is 5.92 Å². The zero-order chi connectivity index (χ0) is 17.9. The molecule has 2 amide bonds. The number of nitrogens with one attached hydrogen (secondary N) is 2. The maximum atomic E-state index is 11.8. The van der Waals surface area contributed by atoms with Gasteiger partial charge in [0.15, 0.2) is 0 Å². The number of benzene rings is 1. The van der Waals surface area contributed by atoms with Crippen molar-refractivity contribution in [2.75, 3.05) is 0 Å². The number of rotatable bonds is 9. The Bertz CT molecular complexity index is 539. The molecule has 0 aliphatic rings. The van der Waals surface area contributed by atoms with E-state index in [-0.39, 0.29) is 5.92 Å². The van der Waals surface area contributed by atoms with Gasteiger partial charge in [0, 0.05) is 18.7 Å². The number of hydrogen-bond donors (Lipinski definition) is 4. The number of carbonyl (C=O) groups excluding carboxylic acids is 2. The molecule has 130 valence electrons. The molecular weight excluding hydrogens is 311 g/mol. The average Bonchev–Trinajstić information content (AvgIpc) is 2.50. The van der Waals surface area contributed by atoms with E-state index in [1.165, 1.54) is 0 Å². The van der Waals surface area contributed by atoms with Crippen LogP contribution in [0.3, 0.4) is 0 Å². The Morgan fingerprint density at radius 3 is 2.38 bits per heavy atom. The first-order chi connectivity index (χ1) is 11.4. The van der Waals surface area contributed by atoms with Crippen LogP contribution in [0.1, 0.15) is 25.8 Å². The number of carbonyl (C=O) groups is 2. The molecule has 0 bridgehead atoms. The van der Waals surface area contributed by atoms with Crippen LogP contribution in [0.25, 0.3) is 0 Å². The Kier molecular flexibility index (Phi) is 8.77. The SMILES string of the molecule is CC(C)C[C@H](NC(=O)/C=C/C(=O)NCc1ccccc1)OB(O)O. The van der Waals surface area contributed by atoms with Crippen LogP contribution in [-0.2, 0) is 20.8 Å². The van der Waals surface area contributed by atoms with Gasteiger partial charge in [-0.25, -0.2) is 0 Å². The fourth-order valence-electron chi connectivity index (χ4n) is 1.93. The smallest absolute Gasteiger partial charge is 0.402 e. The molecule has 0 saturated heterocycles. The second-order valence-corrected chi connectivity index (χ2v) is 5.63. The van der Waals surface area contributed by atoms with Gasteiger partial charge in [-0.3, -0.25) is 9.59 Å². The molecule has 0 spiro atoms. The Labute approximate surface area is 141 Å². The van der Waals surface area contributed by atoms with Gasteiger partial charge >= 0.3 is 7.32 Å². The summed E-state index contributed by atoms with van der Waals surface area (Å²) in [6, 6.07) is 9.38. The normalized spacial score (nSPS) is 12.2. The van der Waals surface area contributed by atoms with Gasteiger partial charge in [0.1, 0.15) is 6.23 Å². The molecule has 4 N–H and O–H groups in total. The Hall–Kier alpha value is -2.16. The fraction of sp³-hybridized carbons (Fsp3) is 0.375. The molecule has 8 heteroatoms. The van der Waals surface area contributed by atoms with E-state index in [0.717, 1.165) is 17.7 Å². The predicted molar refractivity (Wildman–Crippen MR) is 90.1 cm³/mol. The summed E-state index contributed by atoms with van der Waals surface area (Å²) < 4.78 is 4.79. The van der Waals surface area contributed by atoms with E-state index in [2.05, 4.69) is 10.6 Å². The van der Waals surface area contributed by atoms with Crippen molar-refractivity contribution >= 4 is 19.1 Å². The monoisotopic (exact) mass is 334 g/mol. The highest BCUT2D eigenvalue weighted by Gasteiger charge is 2.20.